The van der Waals surface area contributed by atoms with E-state index in [0.717, 1.165) is 12.1 Å². The Kier molecular flexibility index (Phi) is 4.24. The number of aromatic nitrogens is 1. The van der Waals surface area contributed by atoms with E-state index in [9.17, 15) is 13.6 Å². The zero-order valence-electron chi connectivity index (χ0n) is 10.7. The van der Waals surface area contributed by atoms with Crippen molar-refractivity contribution in [3.63, 3.8) is 0 Å². The molecule has 1 unspecified atom stereocenters. The quantitative estimate of drug-likeness (QED) is 0.904. The van der Waals surface area contributed by atoms with Crippen molar-refractivity contribution in [3.8, 4) is 0 Å². The summed E-state index contributed by atoms with van der Waals surface area (Å²) in [7, 11) is 0. The van der Waals surface area contributed by atoms with Crippen LogP contribution in [-0.2, 0) is 0 Å². The Morgan fingerprint density at radius 2 is 1.85 bits per heavy atom. The third-order valence-corrected chi connectivity index (χ3v) is 2.73. The number of hydrogen-bond acceptors (Lipinski definition) is 2. The van der Waals surface area contributed by atoms with Gasteiger partial charge in [-0.25, -0.2) is 13.6 Å². The van der Waals surface area contributed by atoms with Crippen LogP contribution in [0.1, 0.15) is 18.5 Å². The van der Waals surface area contributed by atoms with Crippen molar-refractivity contribution in [3.05, 3.63) is 59.9 Å². The molecule has 0 aliphatic heterocycles. The van der Waals surface area contributed by atoms with E-state index < -0.39 is 23.7 Å². The number of rotatable bonds is 3. The Morgan fingerprint density at radius 1 is 1.15 bits per heavy atom. The molecule has 20 heavy (non-hydrogen) atoms. The number of anilines is 1. The van der Waals surface area contributed by atoms with E-state index in [0.29, 0.717) is 11.3 Å². The van der Waals surface area contributed by atoms with Gasteiger partial charge in [-0.1, -0.05) is 6.07 Å². The van der Waals surface area contributed by atoms with E-state index in [4.69, 9.17) is 0 Å². The molecule has 6 heteroatoms. The SMILES string of the molecule is CC(NC(=O)Nc1ccncc1)c1ccc(F)c(F)c1. The number of benzene rings is 1. The molecule has 0 radical (unpaired) electrons. The van der Waals surface area contributed by atoms with Crippen LogP contribution in [-0.4, -0.2) is 11.0 Å². The highest BCUT2D eigenvalue weighted by Crippen LogP contribution is 2.16. The zero-order valence-corrected chi connectivity index (χ0v) is 10.7. The van der Waals surface area contributed by atoms with Gasteiger partial charge in [0, 0.05) is 18.1 Å². The third-order valence-electron chi connectivity index (χ3n) is 2.73. The van der Waals surface area contributed by atoms with Gasteiger partial charge in [0.25, 0.3) is 0 Å². The smallest absolute Gasteiger partial charge is 0.319 e. The molecule has 0 aliphatic rings. The van der Waals surface area contributed by atoms with Crippen molar-refractivity contribution in [1.82, 2.24) is 10.3 Å². The number of hydrogen-bond donors (Lipinski definition) is 2. The summed E-state index contributed by atoms with van der Waals surface area (Å²) >= 11 is 0. The van der Waals surface area contributed by atoms with Gasteiger partial charge < -0.3 is 10.6 Å². The number of halogens is 2. The molecule has 0 bridgehead atoms. The van der Waals surface area contributed by atoms with E-state index in [1.54, 1.807) is 31.5 Å². The van der Waals surface area contributed by atoms with E-state index in [2.05, 4.69) is 15.6 Å². The molecule has 1 aromatic carbocycles. The van der Waals surface area contributed by atoms with Crippen molar-refractivity contribution in [2.75, 3.05) is 5.32 Å². The first-order valence-corrected chi connectivity index (χ1v) is 5.99. The molecule has 0 spiro atoms. The summed E-state index contributed by atoms with van der Waals surface area (Å²) < 4.78 is 25.9. The molecule has 0 saturated carbocycles. The van der Waals surface area contributed by atoms with Gasteiger partial charge in [0.1, 0.15) is 0 Å². The van der Waals surface area contributed by atoms with Crippen LogP contribution in [0.25, 0.3) is 0 Å². The molecule has 1 atom stereocenters. The van der Waals surface area contributed by atoms with Gasteiger partial charge in [-0.05, 0) is 36.8 Å². The fourth-order valence-corrected chi connectivity index (χ4v) is 1.66. The molecule has 2 aromatic rings. The predicted octanol–water partition coefficient (Wildman–Crippen LogP) is 3.24. The van der Waals surface area contributed by atoms with Gasteiger partial charge >= 0.3 is 6.03 Å². The van der Waals surface area contributed by atoms with E-state index >= 15 is 0 Å². The van der Waals surface area contributed by atoms with E-state index in [1.807, 2.05) is 0 Å². The zero-order chi connectivity index (χ0) is 14.5. The largest absolute Gasteiger partial charge is 0.331 e. The topological polar surface area (TPSA) is 54.0 Å². The molecular weight excluding hydrogens is 264 g/mol. The van der Waals surface area contributed by atoms with E-state index in [1.165, 1.54) is 6.07 Å². The molecule has 104 valence electrons. The van der Waals surface area contributed by atoms with Gasteiger partial charge in [0.05, 0.1) is 6.04 Å². The van der Waals surface area contributed by atoms with Crippen LogP contribution in [0.3, 0.4) is 0 Å². The number of amides is 2. The fraction of sp³-hybridized carbons (Fsp3) is 0.143. The normalized spacial score (nSPS) is 11.8. The number of nitrogens with zero attached hydrogens (tertiary/aromatic N) is 1. The third kappa shape index (κ3) is 3.50. The lowest BCUT2D eigenvalue weighted by molar-refractivity contribution is 0.249. The highest BCUT2D eigenvalue weighted by Gasteiger charge is 2.12. The maximum Gasteiger partial charge on any atom is 0.319 e. The second kappa shape index (κ2) is 6.10. The van der Waals surface area contributed by atoms with Crippen LogP contribution in [0.15, 0.2) is 42.7 Å². The van der Waals surface area contributed by atoms with Crippen molar-refractivity contribution in [2.45, 2.75) is 13.0 Å². The number of pyridine rings is 1. The standard InChI is InChI=1S/C14H13F2N3O/c1-9(10-2-3-12(15)13(16)8-10)18-14(20)19-11-4-6-17-7-5-11/h2-9H,1H3,(H2,17,18,19,20). The summed E-state index contributed by atoms with van der Waals surface area (Å²) in [5.74, 6) is -1.85. The highest BCUT2D eigenvalue weighted by molar-refractivity contribution is 5.89. The summed E-state index contributed by atoms with van der Waals surface area (Å²) in [6.45, 7) is 1.68. The van der Waals surface area contributed by atoms with Crippen LogP contribution in [0.4, 0.5) is 19.3 Å². The lowest BCUT2D eigenvalue weighted by atomic mass is 10.1. The van der Waals surface area contributed by atoms with Crippen molar-refractivity contribution in [1.29, 1.82) is 0 Å². The maximum absolute atomic E-state index is 13.1. The van der Waals surface area contributed by atoms with Crippen LogP contribution in [0.5, 0.6) is 0 Å². The molecule has 1 heterocycles. The summed E-state index contributed by atoms with van der Waals surface area (Å²) in [5.41, 5.74) is 1.07. The summed E-state index contributed by atoms with van der Waals surface area (Å²) in [5, 5.41) is 5.24. The fourth-order valence-electron chi connectivity index (χ4n) is 1.66. The maximum atomic E-state index is 13.1. The highest BCUT2D eigenvalue weighted by atomic mass is 19.2. The molecule has 4 nitrogen and oxygen atoms in total. The van der Waals surface area contributed by atoms with Gasteiger partial charge in [0.2, 0.25) is 0 Å². The summed E-state index contributed by atoms with van der Waals surface area (Å²) in [6, 6.07) is 5.91. The Hall–Kier alpha value is -2.50. The van der Waals surface area contributed by atoms with Crippen molar-refractivity contribution < 1.29 is 13.6 Å². The number of nitrogens with one attached hydrogen (secondary N) is 2. The lowest BCUT2D eigenvalue weighted by Crippen LogP contribution is -2.31. The monoisotopic (exact) mass is 277 g/mol. The predicted molar refractivity (Wildman–Crippen MR) is 71.2 cm³/mol. The number of carbonyl (C=O) groups excluding carboxylic acids is 1. The van der Waals surface area contributed by atoms with E-state index in [-0.39, 0.29) is 0 Å². The molecule has 0 saturated heterocycles. The van der Waals surface area contributed by atoms with Crippen LogP contribution >= 0.6 is 0 Å². The second-order valence-electron chi connectivity index (χ2n) is 4.23. The molecule has 2 amide bonds. The average Bonchev–Trinajstić information content (AvgIpc) is 2.42. The summed E-state index contributed by atoms with van der Waals surface area (Å²) in [6.07, 6.45) is 3.10. The number of carbonyl (C=O) groups is 1. The van der Waals surface area contributed by atoms with Gasteiger partial charge in [-0.15, -0.1) is 0 Å². The minimum Gasteiger partial charge on any atom is -0.331 e. The Bertz CT molecular complexity index is 605. The second-order valence-corrected chi connectivity index (χ2v) is 4.23. The number of urea groups is 1. The first-order chi connectivity index (χ1) is 9.56. The van der Waals surface area contributed by atoms with Crippen molar-refractivity contribution >= 4 is 11.7 Å². The first kappa shape index (κ1) is 13.9. The van der Waals surface area contributed by atoms with Gasteiger partial charge in [-0.3, -0.25) is 4.98 Å². The Morgan fingerprint density at radius 3 is 2.50 bits per heavy atom. The average molecular weight is 277 g/mol. The lowest BCUT2D eigenvalue weighted by Gasteiger charge is -2.15. The molecule has 2 N–H and O–H groups in total. The van der Waals surface area contributed by atoms with Crippen LogP contribution < -0.4 is 10.6 Å². The molecule has 0 fully saturated rings. The Labute approximate surface area is 114 Å². The minimum atomic E-state index is -0.939. The molecular formula is C14H13F2N3O. The Balaban J connectivity index is 1.98. The molecule has 1 aromatic heterocycles. The van der Waals surface area contributed by atoms with Gasteiger partial charge in [-0.2, -0.15) is 0 Å². The summed E-state index contributed by atoms with van der Waals surface area (Å²) in [4.78, 5) is 15.6. The molecule has 0 aliphatic carbocycles. The van der Waals surface area contributed by atoms with Crippen molar-refractivity contribution in [2.24, 2.45) is 0 Å². The van der Waals surface area contributed by atoms with Crippen LogP contribution in [0.2, 0.25) is 0 Å². The van der Waals surface area contributed by atoms with Gasteiger partial charge in [0.15, 0.2) is 11.6 Å². The minimum absolute atomic E-state index is 0.437. The van der Waals surface area contributed by atoms with Crippen LogP contribution in [0, 0.1) is 11.6 Å². The molecule has 2 rings (SSSR count). The first-order valence-electron chi connectivity index (χ1n) is 5.99.